The number of rotatable bonds is 6. The third-order valence-electron chi connectivity index (χ3n) is 4.43. The molecule has 2 aromatic carbocycles. The van der Waals surface area contributed by atoms with Gasteiger partial charge in [0.1, 0.15) is 11.6 Å². The summed E-state index contributed by atoms with van der Waals surface area (Å²) in [5.74, 6) is -0.628. The predicted octanol–water partition coefficient (Wildman–Crippen LogP) is 0.345. The average Bonchev–Trinajstić information content (AvgIpc) is 3.16. The van der Waals surface area contributed by atoms with E-state index >= 15 is 0 Å². The van der Waals surface area contributed by atoms with Gasteiger partial charge in [-0.3, -0.25) is 4.79 Å². The first-order chi connectivity index (χ1) is 14.4. The average molecular weight is 406 g/mol. The van der Waals surface area contributed by atoms with E-state index in [1.807, 2.05) is 0 Å². The number of anilines is 1. The lowest BCUT2D eigenvalue weighted by molar-refractivity contribution is 0.100. The molecule has 4 aromatic rings. The minimum Gasteiger partial charge on any atom is -0.422 e. The first-order valence-corrected chi connectivity index (χ1v) is 8.93. The van der Waals surface area contributed by atoms with Gasteiger partial charge in [0.15, 0.2) is 0 Å². The summed E-state index contributed by atoms with van der Waals surface area (Å²) >= 11 is 0. The Morgan fingerprint density at radius 1 is 1.17 bits per heavy atom. The summed E-state index contributed by atoms with van der Waals surface area (Å²) in [5, 5.41) is 27.0. The van der Waals surface area contributed by atoms with E-state index in [1.165, 1.54) is 29.1 Å². The smallest absolute Gasteiger partial charge is 0.422 e. The molecule has 0 fully saturated rings. The summed E-state index contributed by atoms with van der Waals surface area (Å²) in [6.07, 6.45) is 1.46. The molecule has 0 aliphatic carbocycles. The zero-order valence-corrected chi connectivity index (χ0v) is 15.5. The summed E-state index contributed by atoms with van der Waals surface area (Å²) < 4.78 is 14.7. The van der Waals surface area contributed by atoms with Crippen molar-refractivity contribution in [3.05, 3.63) is 71.7 Å². The van der Waals surface area contributed by atoms with Crippen LogP contribution in [-0.2, 0) is 6.54 Å². The van der Waals surface area contributed by atoms with E-state index in [-0.39, 0.29) is 29.7 Å². The molecular formula is C19H16BFN6O3. The van der Waals surface area contributed by atoms with Gasteiger partial charge in [0.25, 0.3) is 5.95 Å². The lowest BCUT2D eigenvalue weighted by Crippen LogP contribution is -2.34. The highest BCUT2D eigenvalue weighted by atomic mass is 19.1. The monoisotopic (exact) mass is 406 g/mol. The van der Waals surface area contributed by atoms with E-state index in [1.54, 1.807) is 30.3 Å². The van der Waals surface area contributed by atoms with Gasteiger partial charge in [0, 0.05) is 11.9 Å². The molecule has 0 spiro atoms. The number of hydrogen-bond acceptors (Lipinski definition) is 7. The van der Waals surface area contributed by atoms with Crippen LogP contribution in [0.25, 0.3) is 16.9 Å². The lowest BCUT2D eigenvalue weighted by Gasteiger charge is -2.11. The van der Waals surface area contributed by atoms with Crippen LogP contribution >= 0.6 is 0 Å². The highest BCUT2D eigenvalue weighted by Crippen LogP contribution is 2.20. The molecule has 11 heteroatoms. The van der Waals surface area contributed by atoms with Crippen molar-refractivity contribution in [2.45, 2.75) is 6.54 Å². The van der Waals surface area contributed by atoms with Crippen molar-refractivity contribution in [3.8, 4) is 5.95 Å². The summed E-state index contributed by atoms with van der Waals surface area (Å²) in [4.78, 5) is 20.2. The summed E-state index contributed by atoms with van der Waals surface area (Å²) in [6.45, 7) is 0.251. The largest absolute Gasteiger partial charge is 0.508 e. The topological polar surface area (TPSA) is 139 Å². The fourth-order valence-electron chi connectivity index (χ4n) is 3.04. The van der Waals surface area contributed by atoms with E-state index in [0.717, 1.165) is 0 Å². The number of nitrogens with one attached hydrogen (secondary N) is 1. The van der Waals surface area contributed by atoms with Crippen molar-refractivity contribution >= 4 is 35.3 Å². The Morgan fingerprint density at radius 2 is 1.97 bits per heavy atom. The number of benzene rings is 2. The van der Waals surface area contributed by atoms with Gasteiger partial charge in [-0.25, -0.2) is 9.37 Å². The van der Waals surface area contributed by atoms with Crippen molar-refractivity contribution in [1.29, 1.82) is 0 Å². The first-order valence-electron chi connectivity index (χ1n) is 8.93. The van der Waals surface area contributed by atoms with Crippen LogP contribution in [-0.4, -0.2) is 42.8 Å². The van der Waals surface area contributed by atoms with Gasteiger partial charge in [0.2, 0.25) is 5.91 Å². The Morgan fingerprint density at radius 3 is 2.70 bits per heavy atom. The molecule has 0 radical (unpaired) electrons. The van der Waals surface area contributed by atoms with Crippen LogP contribution < -0.4 is 16.6 Å². The molecule has 0 atom stereocenters. The van der Waals surface area contributed by atoms with Crippen molar-refractivity contribution in [3.63, 3.8) is 0 Å². The number of amides is 1. The number of primary amides is 1. The Bertz CT molecular complexity index is 1250. The molecular weight excluding hydrogens is 390 g/mol. The van der Waals surface area contributed by atoms with Crippen molar-refractivity contribution in [2.75, 3.05) is 5.32 Å². The number of carbonyl (C=O) groups excluding carboxylic acids is 1. The molecule has 0 saturated heterocycles. The predicted molar refractivity (Wildman–Crippen MR) is 109 cm³/mol. The quantitative estimate of drug-likeness (QED) is 0.339. The van der Waals surface area contributed by atoms with E-state index in [0.29, 0.717) is 22.0 Å². The Balaban J connectivity index is 1.74. The molecule has 2 aromatic heterocycles. The normalized spacial score (nSPS) is 10.9. The molecule has 0 bridgehead atoms. The van der Waals surface area contributed by atoms with Gasteiger partial charge in [0.05, 0.1) is 22.9 Å². The molecule has 0 saturated carbocycles. The van der Waals surface area contributed by atoms with Crippen LogP contribution in [0.2, 0.25) is 0 Å². The van der Waals surface area contributed by atoms with Crippen LogP contribution in [0.3, 0.4) is 0 Å². The van der Waals surface area contributed by atoms with Gasteiger partial charge in [-0.2, -0.15) is 14.8 Å². The van der Waals surface area contributed by atoms with Crippen LogP contribution in [0.5, 0.6) is 0 Å². The maximum atomic E-state index is 13.4. The minimum atomic E-state index is -1.84. The second-order valence-corrected chi connectivity index (χ2v) is 6.49. The first kappa shape index (κ1) is 19.5. The number of carbonyl (C=O) groups is 1. The van der Waals surface area contributed by atoms with Gasteiger partial charge in [-0.1, -0.05) is 18.2 Å². The fourth-order valence-corrected chi connectivity index (χ4v) is 3.04. The van der Waals surface area contributed by atoms with E-state index < -0.39 is 13.0 Å². The van der Waals surface area contributed by atoms with Crippen molar-refractivity contribution < 1.29 is 19.2 Å². The molecule has 0 aliphatic rings. The van der Waals surface area contributed by atoms with Crippen LogP contribution in [0.4, 0.5) is 10.2 Å². The number of hydrogen-bond donors (Lipinski definition) is 4. The number of nitrogens with zero attached hydrogens (tertiary/aromatic N) is 4. The third-order valence-corrected chi connectivity index (χ3v) is 4.43. The second-order valence-electron chi connectivity index (χ2n) is 6.49. The van der Waals surface area contributed by atoms with Gasteiger partial charge >= 0.3 is 7.12 Å². The minimum absolute atomic E-state index is 0.0546. The number of fused-ring (bicyclic) bond motifs is 1. The molecule has 30 heavy (non-hydrogen) atoms. The second kappa shape index (κ2) is 7.89. The summed E-state index contributed by atoms with van der Waals surface area (Å²) in [7, 11) is -1.84. The van der Waals surface area contributed by atoms with Crippen LogP contribution in [0, 0.1) is 5.82 Å². The standard InChI is InChI=1S/C19H16BFN6O3/c21-12-4-1-3-11(7-12)9-23-17-8-16(20(29)30)25-19(26-17)27-15-6-2-5-13(18(22)28)14(15)10-24-27/h1-8,10,29-30H,9H2,(H2,22,28)(H,23,25,26). The fraction of sp³-hybridized carbons (Fsp3) is 0.0526. The molecule has 1 amide bonds. The van der Waals surface area contributed by atoms with E-state index in [2.05, 4.69) is 20.4 Å². The van der Waals surface area contributed by atoms with Crippen molar-refractivity contribution in [1.82, 2.24) is 19.7 Å². The Labute approximate surface area is 170 Å². The highest BCUT2D eigenvalue weighted by Gasteiger charge is 2.19. The van der Waals surface area contributed by atoms with Gasteiger partial charge in [-0.05, 0) is 35.9 Å². The SMILES string of the molecule is NC(=O)c1cccc2c1cnn2-c1nc(NCc2cccc(F)c2)cc(B(O)O)n1. The Hall–Kier alpha value is -3.83. The molecule has 0 aliphatic heterocycles. The molecule has 5 N–H and O–H groups in total. The Kier molecular flexibility index (Phi) is 5.13. The number of halogens is 1. The molecule has 2 heterocycles. The summed E-state index contributed by atoms with van der Waals surface area (Å²) in [5.41, 5.74) is 6.84. The third kappa shape index (κ3) is 3.84. The molecule has 0 unspecified atom stereocenters. The maximum Gasteiger partial charge on any atom is 0.508 e. The van der Waals surface area contributed by atoms with E-state index in [9.17, 15) is 19.2 Å². The summed E-state index contributed by atoms with van der Waals surface area (Å²) in [6, 6.07) is 12.4. The van der Waals surface area contributed by atoms with Crippen LogP contribution in [0.1, 0.15) is 15.9 Å². The van der Waals surface area contributed by atoms with E-state index in [4.69, 9.17) is 5.73 Å². The highest BCUT2D eigenvalue weighted by molar-refractivity contribution is 6.57. The molecule has 4 rings (SSSR count). The number of nitrogens with two attached hydrogens (primary N) is 1. The number of aromatic nitrogens is 4. The zero-order chi connectivity index (χ0) is 21.3. The van der Waals surface area contributed by atoms with Crippen molar-refractivity contribution in [2.24, 2.45) is 5.73 Å². The lowest BCUT2D eigenvalue weighted by atomic mass is 9.86. The van der Waals surface area contributed by atoms with Crippen LogP contribution in [0.15, 0.2) is 54.7 Å². The zero-order valence-electron chi connectivity index (χ0n) is 15.5. The van der Waals surface area contributed by atoms with Gasteiger partial charge < -0.3 is 21.1 Å². The molecule has 150 valence electrons. The van der Waals surface area contributed by atoms with Gasteiger partial charge in [-0.15, -0.1) is 0 Å². The maximum absolute atomic E-state index is 13.4. The molecule has 9 nitrogen and oxygen atoms in total.